The highest BCUT2D eigenvalue weighted by atomic mass is 19.1. The van der Waals surface area contributed by atoms with Crippen LogP contribution in [0.15, 0.2) is 18.2 Å². The molecule has 0 saturated heterocycles. The molecule has 0 amide bonds. The Morgan fingerprint density at radius 2 is 2.12 bits per heavy atom. The summed E-state index contributed by atoms with van der Waals surface area (Å²) in [4.78, 5) is 21.0. The van der Waals surface area contributed by atoms with Crippen molar-refractivity contribution in [3.63, 3.8) is 0 Å². The van der Waals surface area contributed by atoms with Crippen molar-refractivity contribution in [2.75, 3.05) is 0 Å². The molecule has 1 aromatic rings. The first kappa shape index (κ1) is 13.1. The number of halogens is 1. The normalized spacial score (nSPS) is 11.2. The van der Waals surface area contributed by atoms with Gasteiger partial charge in [-0.2, -0.15) is 0 Å². The van der Waals surface area contributed by atoms with E-state index in [1.54, 1.807) is 0 Å². The molecule has 92 valence electrons. The minimum Gasteiger partial charge on any atom is -0.481 e. The predicted molar refractivity (Wildman–Crippen MR) is 58.2 cm³/mol. The van der Waals surface area contributed by atoms with Gasteiger partial charge in [0.2, 0.25) is 0 Å². The second-order valence-electron chi connectivity index (χ2n) is 4.40. The Balaban J connectivity index is 3.17. The number of benzene rings is 1. The molecule has 0 spiro atoms. The molecule has 0 aromatic heterocycles. The summed E-state index contributed by atoms with van der Waals surface area (Å²) in [6, 6.07) is 3.03. The summed E-state index contributed by atoms with van der Waals surface area (Å²) in [6.45, 7) is 2.87. The van der Waals surface area contributed by atoms with E-state index >= 15 is 0 Å². The largest absolute Gasteiger partial charge is 0.481 e. The fourth-order valence-electron chi connectivity index (χ4n) is 1.43. The maximum Gasteiger partial charge on any atom is 0.309 e. The maximum atomic E-state index is 13.0. The molecule has 1 N–H and O–H groups in total. The van der Waals surface area contributed by atoms with E-state index in [0.717, 1.165) is 18.2 Å². The van der Waals surface area contributed by atoms with Gasteiger partial charge in [0.25, 0.3) is 5.69 Å². The van der Waals surface area contributed by atoms with Crippen molar-refractivity contribution in [1.29, 1.82) is 0 Å². The number of nitrogens with zero attached hydrogens (tertiary/aromatic N) is 1. The quantitative estimate of drug-likeness (QED) is 0.648. The third kappa shape index (κ3) is 2.99. The molecule has 0 radical (unpaired) electrons. The molecule has 0 atom stereocenters. The highest BCUT2D eigenvalue weighted by Gasteiger charge is 2.30. The number of carboxylic acids is 1. The fourth-order valence-corrected chi connectivity index (χ4v) is 1.43. The molecule has 5 nitrogen and oxygen atoms in total. The summed E-state index contributed by atoms with van der Waals surface area (Å²) in [7, 11) is 0. The first-order valence-corrected chi connectivity index (χ1v) is 4.90. The van der Waals surface area contributed by atoms with E-state index < -0.39 is 22.1 Å². The van der Waals surface area contributed by atoms with Crippen LogP contribution in [0.5, 0.6) is 0 Å². The Hall–Kier alpha value is -1.98. The lowest BCUT2D eigenvalue weighted by Crippen LogP contribution is -2.26. The number of aliphatic carboxylic acids is 1. The van der Waals surface area contributed by atoms with E-state index in [0.29, 0.717) is 0 Å². The van der Waals surface area contributed by atoms with Gasteiger partial charge >= 0.3 is 5.97 Å². The molecular formula is C11H12FNO4. The molecular weight excluding hydrogens is 229 g/mol. The Morgan fingerprint density at radius 1 is 1.53 bits per heavy atom. The molecule has 1 aromatic carbocycles. The van der Waals surface area contributed by atoms with Crippen LogP contribution in [0.4, 0.5) is 10.1 Å². The van der Waals surface area contributed by atoms with Crippen molar-refractivity contribution in [2.45, 2.75) is 20.3 Å². The molecule has 17 heavy (non-hydrogen) atoms. The monoisotopic (exact) mass is 241 g/mol. The van der Waals surface area contributed by atoms with Crippen LogP contribution in [0, 0.1) is 21.3 Å². The number of nitro groups is 1. The van der Waals surface area contributed by atoms with Crippen LogP contribution in [0.25, 0.3) is 0 Å². The molecule has 0 unspecified atom stereocenters. The van der Waals surface area contributed by atoms with Gasteiger partial charge < -0.3 is 5.11 Å². The molecule has 0 fully saturated rings. The minimum absolute atomic E-state index is 0.0856. The van der Waals surface area contributed by atoms with Gasteiger partial charge in [0.05, 0.1) is 10.3 Å². The van der Waals surface area contributed by atoms with E-state index in [1.165, 1.54) is 13.8 Å². The number of carboxylic acid groups (broad SMARTS) is 1. The zero-order valence-corrected chi connectivity index (χ0v) is 9.44. The molecule has 1 rings (SSSR count). The first-order chi connectivity index (χ1) is 7.74. The van der Waals surface area contributed by atoms with Gasteiger partial charge in [-0.15, -0.1) is 0 Å². The van der Waals surface area contributed by atoms with Gasteiger partial charge in [-0.3, -0.25) is 14.9 Å². The van der Waals surface area contributed by atoms with Crippen molar-refractivity contribution >= 4 is 11.7 Å². The molecule has 6 heteroatoms. The van der Waals surface area contributed by atoms with Gasteiger partial charge in [0.15, 0.2) is 0 Å². The van der Waals surface area contributed by atoms with Gasteiger partial charge in [-0.05, 0) is 32.4 Å². The average molecular weight is 241 g/mol. The van der Waals surface area contributed by atoms with Gasteiger partial charge in [-0.25, -0.2) is 4.39 Å². The highest BCUT2D eigenvalue weighted by Crippen LogP contribution is 2.28. The summed E-state index contributed by atoms with van der Waals surface area (Å²) < 4.78 is 13.0. The van der Waals surface area contributed by atoms with Crippen molar-refractivity contribution < 1.29 is 19.2 Å². The SMILES string of the molecule is CC(C)(Cc1cc(F)ccc1[N+](=O)[O-])C(=O)O. The Bertz CT molecular complexity index is 471. The van der Waals surface area contributed by atoms with Crippen molar-refractivity contribution in [1.82, 2.24) is 0 Å². The lowest BCUT2D eigenvalue weighted by atomic mass is 9.85. The van der Waals surface area contributed by atoms with Crippen molar-refractivity contribution in [2.24, 2.45) is 5.41 Å². The van der Waals surface area contributed by atoms with Crippen molar-refractivity contribution in [3.8, 4) is 0 Å². The summed E-state index contributed by atoms with van der Waals surface area (Å²) in [6.07, 6.45) is -0.101. The number of nitro benzene ring substituents is 1. The molecule has 0 aliphatic rings. The van der Waals surface area contributed by atoms with E-state index in [-0.39, 0.29) is 17.7 Å². The fraction of sp³-hybridized carbons (Fsp3) is 0.364. The first-order valence-electron chi connectivity index (χ1n) is 4.90. The topological polar surface area (TPSA) is 80.4 Å². The van der Waals surface area contributed by atoms with Crippen LogP contribution >= 0.6 is 0 Å². The predicted octanol–water partition coefficient (Wildman–Crippen LogP) is 2.39. The number of hydrogen-bond donors (Lipinski definition) is 1. The zero-order valence-electron chi connectivity index (χ0n) is 9.44. The smallest absolute Gasteiger partial charge is 0.309 e. The van der Waals surface area contributed by atoms with Crippen LogP contribution in [0.2, 0.25) is 0 Å². The second kappa shape index (κ2) is 4.48. The standard InChI is InChI=1S/C11H12FNO4/c1-11(2,10(14)15)6-7-5-8(12)3-4-9(7)13(16)17/h3-5H,6H2,1-2H3,(H,14,15). The maximum absolute atomic E-state index is 13.0. The zero-order chi connectivity index (χ0) is 13.2. The minimum atomic E-state index is -1.18. The summed E-state index contributed by atoms with van der Waals surface area (Å²) >= 11 is 0. The number of hydrogen-bond acceptors (Lipinski definition) is 3. The summed E-state index contributed by atoms with van der Waals surface area (Å²) in [5.74, 6) is -1.71. The Morgan fingerprint density at radius 3 is 2.59 bits per heavy atom. The Kier molecular flexibility index (Phi) is 3.45. The molecule has 0 bridgehead atoms. The van der Waals surface area contributed by atoms with Crippen LogP contribution < -0.4 is 0 Å². The van der Waals surface area contributed by atoms with E-state index in [1.807, 2.05) is 0 Å². The lowest BCUT2D eigenvalue weighted by molar-refractivity contribution is -0.385. The summed E-state index contributed by atoms with van der Waals surface area (Å²) in [5.41, 5.74) is -1.36. The van der Waals surface area contributed by atoms with Gasteiger partial charge in [0.1, 0.15) is 5.82 Å². The molecule has 0 aliphatic heterocycles. The van der Waals surface area contributed by atoms with E-state index in [9.17, 15) is 19.3 Å². The van der Waals surface area contributed by atoms with Crippen LogP contribution in [0.3, 0.4) is 0 Å². The van der Waals surface area contributed by atoms with Crippen LogP contribution in [0.1, 0.15) is 19.4 Å². The lowest BCUT2D eigenvalue weighted by Gasteiger charge is -2.18. The third-order valence-electron chi connectivity index (χ3n) is 2.45. The molecule has 0 saturated carbocycles. The highest BCUT2D eigenvalue weighted by molar-refractivity contribution is 5.74. The van der Waals surface area contributed by atoms with Crippen LogP contribution in [-0.2, 0) is 11.2 Å². The molecule has 0 aliphatic carbocycles. The summed E-state index contributed by atoms with van der Waals surface area (Å²) in [5, 5.41) is 19.7. The van der Waals surface area contributed by atoms with E-state index in [4.69, 9.17) is 5.11 Å². The Labute approximate surface area is 97.0 Å². The number of rotatable bonds is 4. The third-order valence-corrected chi connectivity index (χ3v) is 2.45. The van der Waals surface area contributed by atoms with Crippen LogP contribution in [-0.4, -0.2) is 16.0 Å². The van der Waals surface area contributed by atoms with Gasteiger partial charge in [0, 0.05) is 11.6 Å². The second-order valence-corrected chi connectivity index (χ2v) is 4.40. The van der Waals surface area contributed by atoms with Gasteiger partial charge in [-0.1, -0.05) is 0 Å². The van der Waals surface area contributed by atoms with E-state index in [2.05, 4.69) is 0 Å². The van der Waals surface area contributed by atoms with Crippen molar-refractivity contribution in [3.05, 3.63) is 39.7 Å². The molecule has 0 heterocycles. The average Bonchev–Trinajstić information content (AvgIpc) is 2.15. The number of carbonyl (C=O) groups is 1.